The number of fused-ring (bicyclic) bond motifs is 1. The van der Waals surface area contributed by atoms with Gasteiger partial charge in [0.1, 0.15) is 5.82 Å². The van der Waals surface area contributed by atoms with Crippen LogP contribution in [0, 0.1) is 12.8 Å². The van der Waals surface area contributed by atoms with Crippen LogP contribution in [-0.4, -0.2) is 64.3 Å². The molecule has 9 nitrogen and oxygen atoms in total. The summed E-state index contributed by atoms with van der Waals surface area (Å²) >= 11 is 1.47. The lowest BCUT2D eigenvalue weighted by atomic mass is 9.83. The monoisotopic (exact) mass is 649 g/mol. The van der Waals surface area contributed by atoms with Crippen LogP contribution < -0.4 is 14.9 Å². The Bertz CT molecular complexity index is 1600. The third kappa shape index (κ3) is 8.21. The Morgan fingerprint density at radius 1 is 1.02 bits per heavy atom. The molecule has 2 aromatic heterocycles. The van der Waals surface area contributed by atoms with E-state index in [1.165, 1.54) is 22.1 Å². The molecule has 1 aliphatic carbocycles. The van der Waals surface area contributed by atoms with Gasteiger partial charge in [-0.05, 0) is 87.6 Å². The maximum Gasteiger partial charge on any atom is 0.296 e. The molecule has 2 fully saturated rings. The quantitative estimate of drug-likeness (QED) is 0.175. The Hall–Kier alpha value is -3.61. The minimum atomic E-state index is -2.74. The highest BCUT2D eigenvalue weighted by atomic mass is 32.2. The maximum atomic E-state index is 14.2. The normalized spacial score (nSPS) is 18.7. The lowest BCUT2D eigenvalue weighted by Gasteiger charge is -2.29. The lowest BCUT2D eigenvalue weighted by molar-refractivity contribution is -0.120. The predicted molar refractivity (Wildman–Crippen MR) is 177 cm³/mol. The molecule has 0 unspecified atom stereocenters. The molecule has 2 aromatic carbocycles. The Morgan fingerprint density at radius 3 is 2.54 bits per heavy atom. The van der Waals surface area contributed by atoms with Crippen molar-refractivity contribution in [2.24, 2.45) is 5.92 Å². The van der Waals surface area contributed by atoms with Crippen molar-refractivity contribution in [3.05, 3.63) is 71.7 Å². The minimum absolute atomic E-state index is 0.0272. The number of para-hydroxylation sites is 2. The highest BCUT2D eigenvalue weighted by Gasteiger charge is 2.25. The van der Waals surface area contributed by atoms with Crippen molar-refractivity contribution in [1.82, 2.24) is 29.6 Å². The first-order chi connectivity index (χ1) is 22.4. The van der Waals surface area contributed by atoms with Crippen molar-refractivity contribution in [2.45, 2.75) is 69.2 Å². The van der Waals surface area contributed by atoms with Gasteiger partial charge in [0.25, 0.3) is 6.43 Å². The molecule has 1 amide bonds. The number of benzene rings is 2. The molecule has 244 valence electrons. The van der Waals surface area contributed by atoms with Crippen molar-refractivity contribution in [3.8, 4) is 5.82 Å². The number of hydrogen-bond donors (Lipinski definition) is 2. The van der Waals surface area contributed by atoms with E-state index in [4.69, 9.17) is 14.7 Å². The fourth-order valence-corrected chi connectivity index (χ4v) is 6.93. The summed E-state index contributed by atoms with van der Waals surface area (Å²) in [5.41, 5.74) is 3.15. The summed E-state index contributed by atoms with van der Waals surface area (Å²) < 4.78 is 38.5. The Balaban J connectivity index is 1.04. The van der Waals surface area contributed by atoms with Crippen molar-refractivity contribution in [2.75, 3.05) is 37.7 Å². The molecule has 6 rings (SSSR count). The number of anilines is 1. The summed E-state index contributed by atoms with van der Waals surface area (Å²) in [4.78, 5) is 29.5. The fraction of sp³-hybridized carbons (Fsp3) is 0.471. The van der Waals surface area contributed by atoms with E-state index in [9.17, 15) is 13.6 Å². The molecule has 4 aromatic rings. The molecule has 12 heteroatoms. The second kappa shape index (κ2) is 15.3. The predicted octanol–water partition coefficient (Wildman–Crippen LogP) is 6.19. The van der Waals surface area contributed by atoms with Gasteiger partial charge >= 0.3 is 0 Å². The zero-order valence-electron chi connectivity index (χ0n) is 26.1. The van der Waals surface area contributed by atoms with Crippen molar-refractivity contribution in [3.63, 3.8) is 0 Å². The van der Waals surface area contributed by atoms with Crippen LogP contribution in [-0.2, 0) is 16.0 Å². The van der Waals surface area contributed by atoms with E-state index in [2.05, 4.69) is 39.0 Å². The van der Waals surface area contributed by atoms with E-state index in [-0.39, 0.29) is 24.3 Å². The number of imidazole rings is 1. The van der Waals surface area contributed by atoms with Crippen LogP contribution in [0.4, 0.5) is 14.7 Å². The van der Waals surface area contributed by atoms with Gasteiger partial charge in [-0.2, -0.15) is 4.98 Å². The first-order valence-corrected chi connectivity index (χ1v) is 17.0. The average molecular weight is 650 g/mol. The topological polar surface area (TPSA) is 97.2 Å². The third-order valence-corrected chi connectivity index (χ3v) is 9.56. The van der Waals surface area contributed by atoms with Crippen molar-refractivity contribution in [1.29, 1.82) is 0 Å². The number of nitrogens with zero attached hydrogens (tertiary/aromatic N) is 5. The molecule has 46 heavy (non-hydrogen) atoms. The van der Waals surface area contributed by atoms with Gasteiger partial charge in [0, 0.05) is 35.8 Å². The van der Waals surface area contributed by atoms with E-state index < -0.39 is 6.43 Å². The summed E-state index contributed by atoms with van der Waals surface area (Å²) in [6, 6.07) is 17.4. The summed E-state index contributed by atoms with van der Waals surface area (Å²) in [5, 5.41) is 3.19. The number of carbonyl (C=O) groups excluding carboxylic acids is 1. The number of nitrogens with one attached hydrogen (secondary N) is 2. The first-order valence-electron chi connectivity index (χ1n) is 16.2. The van der Waals surface area contributed by atoms with Gasteiger partial charge < -0.3 is 15.0 Å². The zero-order valence-corrected chi connectivity index (χ0v) is 26.9. The van der Waals surface area contributed by atoms with Gasteiger partial charge in [-0.3, -0.25) is 14.1 Å². The number of halogens is 2. The number of aromatic nitrogens is 4. The van der Waals surface area contributed by atoms with E-state index in [0.29, 0.717) is 55.0 Å². The van der Waals surface area contributed by atoms with Crippen LogP contribution in [0.1, 0.15) is 62.0 Å². The van der Waals surface area contributed by atoms with Crippen LogP contribution in [0.15, 0.2) is 59.5 Å². The number of amides is 1. The van der Waals surface area contributed by atoms with E-state index in [1.54, 1.807) is 18.2 Å². The number of ether oxygens (including phenoxy) is 1. The number of alkyl halides is 2. The molecule has 2 N–H and O–H groups in total. The number of morpholine rings is 1. The van der Waals surface area contributed by atoms with Gasteiger partial charge in [0.2, 0.25) is 11.9 Å². The second-order valence-corrected chi connectivity index (χ2v) is 13.1. The van der Waals surface area contributed by atoms with Crippen LogP contribution in [0.3, 0.4) is 0 Å². The van der Waals surface area contributed by atoms with Gasteiger partial charge in [-0.1, -0.05) is 36.2 Å². The molecule has 1 saturated carbocycles. The Morgan fingerprint density at radius 2 is 1.78 bits per heavy atom. The number of carbonyl (C=O) groups is 1. The Labute approximate surface area is 272 Å². The highest BCUT2D eigenvalue weighted by Crippen LogP contribution is 2.30. The summed E-state index contributed by atoms with van der Waals surface area (Å²) in [6.07, 6.45) is 4.07. The summed E-state index contributed by atoms with van der Waals surface area (Å²) in [7, 11) is 0. The van der Waals surface area contributed by atoms with Crippen LogP contribution in [0.5, 0.6) is 0 Å². The van der Waals surface area contributed by atoms with Gasteiger partial charge in [0.15, 0.2) is 5.82 Å². The molecular weight excluding hydrogens is 608 g/mol. The molecular formula is C34H41F2N7O2S. The summed E-state index contributed by atoms with van der Waals surface area (Å²) in [5.74, 6) is 1.25. The van der Waals surface area contributed by atoms with E-state index >= 15 is 0 Å². The molecule has 0 bridgehead atoms. The van der Waals surface area contributed by atoms with Crippen molar-refractivity contribution >= 4 is 34.8 Å². The van der Waals surface area contributed by atoms with E-state index in [1.807, 2.05) is 24.3 Å². The molecule has 0 spiro atoms. The van der Waals surface area contributed by atoms with Gasteiger partial charge in [0.05, 0.1) is 30.8 Å². The molecule has 1 aliphatic heterocycles. The molecule has 0 atom stereocenters. The van der Waals surface area contributed by atoms with Crippen LogP contribution in [0.2, 0.25) is 0 Å². The van der Waals surface area contributed by atoms with Crippen LogP contribution in [0.25, 0.3) is 16.9 Å². The lowest BCUT2D eigenvalue weighted by Crippen LogP contribution is -2.41. The molecule has 0 radical (unpaired) electrons. The number of hydrogen-bond acceptors (Lipinski definition) is 8. The summed E-state index contributed by atoms with van der Waals surface area (Å²) in [6.45, 7) is 4.78. The van der Waals surface area contributed by atoms with Gasteiger partial charge in [-0.15, -0.1) is 0 Å². The highest BCUT2D eigenvalue weighted by molar-refractivity contribution is 7.97. The molecule has 2 aliphatic rings. The first kappa shape index (κ1) is 32.3. The van der Waals surface area contributed by atoms with E-state index in [0.717, 1.165) is 55.5 Å². The molecule has 1 saturated heterocycles. The number of aryl methyl sites for hydroxylation is 2. The molecule has 3 heterocycles. The minimum Gasteiger partial charge on any atom is -0.378 e. The maximum absolute atomic E-state index is 14.2. The third-order valence-electron chi connectivity index (χ3n) is 8.76. The average Bonchev–Trinajstić information content (AvgIpc) is 3.47. The Kier molecular flexibility index (Phi) is 10.8. The van der Waals surface area contributed by atoms with Gasteiger partial charge in [-0.25, -0.2) is 18.7 Å². The largest absolute Gasteiger partial charge is 0.378 e. The van der Waals surface area contributed by atoms with Crippen LogP contribution >= 0.6 is 11.9 Å². The second-order valence-electron chi connectivity index (χ2n) is 12.1. The SMILES string of the molecule is Cc1ccc(SNCC(=O)NC2CCC(CCCc3cc(-n4c(C(F)F)nc5ccccc54)nc(N4CCOCC4)n3)CC2)cc1. The smallest absolute Gasteiger partial charge is 0.296 e. The zero-order chi connectivity index (χ0) is 31.9. The number of rotatable bonds is 12. The van der Waals surface area contributed by atoms with Crippen molar-refractivity contribution < 1.29 is 18.3 Å². The standard InChI is InChI=1S/C34H41F2N7O2S/c1-23-9-15-27(16-10-23)46-37-22-31(44)38-25-13-11-24(12-14-25)5-4-6-26-21-30(41-34(39-26)42-17-19-45-20-18-42)43-29-8-3-2-7-28(29)40-33(43)32(35)36/h2-3,7-10,15-16,21,24-25,32,37H,4-6,11-14,17-20,22H2,1H3,(H,38,44). The fourth-order valence-electron chi connectivity index (χ4n) is 6.29.